The Hall–Kier alpha value is -3.35. The number of rotatable bonds is 3. The maximum atomic E-state index is 12.3. The van der Waals surface area contributed by atoms with E-state index >= 15 is 0 Å². The van der Waals surface area contributed by atoms with Crippen molar-refractivity contribution in [1.29, 1.82) is 0 Å². The number of carbonyl (C=O) groups excluding carboxylic acids is 2. The Labute approximate surface area is 131 Å². The molecule has 2 amide bonds. The Morgan fingerprint density at radius 3 is 2.65 bits per heavy atom. The molecule has 0 atom stereocenters. The van der Waals surface area contributed by atoms with E-state index in [1.54, 1.807) is 30.5 Å². The molecule has 0 aliphatic rings. The molecule has 23 heavy (non-hydrogen) atoms. The molecule has 114 valence electrons. The molecular weight excluding hydrogens is 294 g/mol. The van der Waals surface area contributed by atoms with Crippen LogP contribution in [-0.2, 0) is 0 Å². The van der Waals surface area contributed by atoms with E-state index in [0.29, 0.717) is 22.4 Å². The molecular formula is C16H13N5O2. The number of benzene rings is 1. The van der Waals surface area contributed by atoms with Gasteiger partial charge >= 0.3 is 0 Å². The predicted octanol–water partition coefficient (Wildman–Crippen LogP) is 1.68. The number of carbonyl (C=O) groups is 2. The Morgan fingerprint density at radius 2 is 1.87 bits per heavy atom. The number of aryl methyl sites for hydroxylation is 1. The number of amides is 2. The largest absolute Gasteiger partial charge is 0.366 e. The van der Waals surface area contributed by atoms with E-state index in [1.807, 2.05) is 6.92 Å². The lowest BCUT2D eigenvalue weighted by atomic mass is 10.1. The fraction of sp³-hybridized carbons (Fsp3) is 0.0625. The Balaban J connectivity index is 1.89. The third kappa shape index (κ3) is 3.13. The van der Waals surface area contributed by atoms with E-state index in [0.717, 1.165) is 5.56 Å². The monoisotopic (exact) mass is 307 g/mol. The number of anilines is 1. The first kappa shape index (κ1) is 14.6. The van der Waals surface area contributed by atoms with Crippen LogP contribution < -0.4 is 11.1 Å². The van der Waals surface area contributed by atoms with E-state index in [-0.39, 0.29) is 5.69 Å². The average Bonchev–Trinajstić information content (AvgIpc) is 2.53. The zero-order valence-electron chi connectivity index (χ0n) is 12.3. The molecule has 3 N–H and O–H groups in total. The highest BCUT2D eigenvalue weighted by atomic mass is 16.2. The normalized spacial score (nSPS) is 10.5. The molecule has 3 aromatic rings. The van der Waals surface area contributed by atoms with E-state index in [1.165, 1.54) is 12.3 Å². The summed E-state index contributed by atoms with van der Waals surface area (Å²) in [5.41, 5.74) is 8.10. The highest BCUT2D eigenvalue weighted by molar-refractivity contribution is 6.04. The summed E-state index contributed by atoms with van der Waals surface area (Å²) in [7, 11) is 0. The van der Waals surface area contributed by atoms with Gasteiger partial charge in [-0.05, 0) is 42.8 Å². The third-order valence-electron chi connectivity index (χ3n) is 3.18. The van der Waals surface area contributed by atoms with Gasteiger partial charge in [-0.2, -0.15) is 0 Å². The molecule has 0 bridgehead atoms. The van der Waals surface area contributed by atoms with Crippen molar-refractivity contribution in [3.8, 4) is 0 Å². The summed E-state index contributed by atoms with van der Waals surface area (Å²) in [6.45, 7) is 1.81. The molecule has 0 spiro atoms. The summed E-state index contributed by atoms with van der Waals surface area (Å²) >= 11 is 0. The standard InChI is InChI=1S/C16H13N5O2/c1-9-6-10(14(17)22)8-11(7-9)20-16(23)13-3-2-12-15(21-13)19-5-4-18-12/h2-8H,1H3,(H2,17,22)(H,20,23). The number of primary amides is 1. The minimum Gasteiger partial charge on any atom is -0.366 e. The minimum absolute atomic E-state index is 0.208. The molecule has 2 heterocycles. The second-order valence-corrected chi connectivity index (χ2v) is 5.00. The van der Waals surface area contributed by atoms with Gasteiger partial charge in [0.2, 0.25) is 5.91 Å². The molecule has 3 rings (SSSR count). The summed E-state index contributed by atoms with van der Waals surface area (Å²) in [6, 6.07) is 8.16. The van der Waals surface area contributed by atoms with Gasteiger partial charge in [0.15, 0.2) is 5.65 Å². The van der Waals surface area contributed by atoms with Gasteiger partial charge in [-0.15, -0.1) is 0 Å². The number of nitrogens with one attached hydrogen (secondary N) is 1. The van der Waals surface area contributed by atoms with Gasteiger partial charge in [-0.25, -0.2) is 9.97 Å². The van der Waals surface area contributed by atoms with Crippen LogP contribution in [0.25, 0.3) is 11.2 Å². The van der Waals surface area contributed by atoms with E-state index in [9.17, 15) is 9.59 Å². The lowest BCUT2D eigenvalue weighted by Gasteiger charge is -2.08. The van der Waals surface area contributed by atoms with Crippen LogP contribution in [0.15, 0.2) is 42.7 Å². The van der Waals surface area contributed by atoms with Crippen molar-refractivity contribution >= 4 is 28.7 Å². The Bertz CT molecular complexity index is 923. The zero-order valence-corrected chi connectivity index (χ0v) is 12.3. The Kier molecular flexibility index (Phi) is 3.68. The lowest BCUT2D eigenvalue weighted by Crippen LogP contribution is -2.16. The number of hydrogen-bond acceptors (Lipinski definition) is 5. The number of nitrogens with zero attached hydrogens (tertiary/aromatic N) is 3. The van der Waals surface area contributed by atoms with Crippen molar-refractivity contribution in [1.82, 2.24) is 15.0 Å². The van der Waals surface area contributed by atoms with Gasteiger partial charge in [-0.3, -0.25) is 14.6 Å². The summed E-state index contributed by atoms with van der Waals surface area (Å²) in [5, 5.41) is 2.70. The van der Waals surface area contributed by atoms with E-state index < -0.39 is 11.8 Å². The van der Waals surface area contributed by atoms with Crippen molar-refractivity contribution < 1.29 is 9.59 Å². The molecule has 0 aliphatic heterocycles. The van der Waals surface area contributed by atoms with Crippen LogP contribution in [0, 0.1) is 6.92 Å². The van der Waals surface area contributed by atoms with Crippen LogP contribution in [0.5, 0.6) is 0 Å². The lowest BCUT2D eigenvalue weighted by molar-refractivity contribution is 0.0995. The van der Waals surface area contributed by atoms with Crippen molar-refractivity contribution in [3.63, 3.8) is 0 Å². The second-order valence-electron chi connectivity index (χ2n) is 5.00. The number of aromatic nitrogens is 3. The maximum absolute atomic E-state index is 12.3. The third-order valence-corrected chi connectivity index (χ3v) is 3.18. The van der Waals surface area contributed by atoms with Gasteiger partial charge in [0.25, 0.3) is 5.91 Å². The summed E-state index contributed by atoms with van der Waals surface area (Å²) in [5.74, 6) is -0.957. The molecule has 7 nitrogen and oxygen atoms in total. The van der Waals surface area contributed by atoms with E-state index in [2.05, 4.69) is 20.3 Å². The van der Waals surface area contributed by atoms with Gasteiger partial charge in [-0.1, -0.05) is 0 Å². The summed E-state index contributed by atoms with van der Waals surface area (Å²) in [6.07, 6.45) is 3.07. The zero-order chi connectivity index (χ0) is 16.4. The smallest absolute Gasteiger partial charge is 0.274 e. The van der Waals surface area contributed by atoms with Crippen molar-refractivity contribution in [2.75, 3.05) is 5.32 Å². The van der Waals surface area contributed by atoms with Crippen LogP contribution in [0.4, 0.5) is 5.69 Å². The number of pyridine rings is 1. The number of nitrogens with two attached hydrogens (primary N) is 1. The summed E-state index contributed by atoms with van der Waals surface area (Å²) in [4.78, 5) is 35.9. The minimum atomic E-state index is -0.552. The number of fused-ring (bicyclic) bond motifs is 1. The van der Waals surface area contributed by atoms with Crippen molar-refractivity contribution in [3.05, 3.63) is 59.5 Å². The average molecular weight is 307 g/mol. The SMILES string of the molecule is Cc1cc(NC(=O)c2ccc3nccnc3n2)cc(C(N)=O)c1. The quantitative estimate of drug-likeness (QED) is 0.764. The summed E-state index contributed by atoms with van der Waals surface area (Å²) < 4.78 is 0. The maximum Gasteiger partial charge on any atom is 0.274 e. The molecule has 1 aromatic carbocycles. The molecule has 7 heteroatoms. The van der Waals surface area contributed by atoms with Crippen LogP contribution in [-0.4, -0.2) is 26.8 Å². The topological polar surface area (TPSA) is 111 Å². The fourth-order valence-electron chi connectivity index (χ4n) is 2.17. The molecule has 0 radical (unpaired) electrons. The van der Waals surface area contributed by atoms with Crippen LogP contribution in [0.2, 0.25) is 0 Å². The molecule has 2 aromatic heterocycles. The van der Waals surface area contributed by atoms with Gasteiger partial charge in [0, 0.05) is 23.6 Å². The highest BCUT2D eigenvalue weighted by Crippen LogP contribution is 2.16. The van der Waals surface area contributed by atoms with Gasteiger partial charge < -0.3 is 11.1 Å². The van der Waals surface area contributed by atoms with Crippen molar-refractivity contribution in [2.45, 2.75) is 6.92 Å². The van der Waals surface area contributed by atoms with Crippen LogP contribution >= 0.6 is 0 Å². The van der Waals surface area contributed by atoms with E-state index in [4.69, 9.17) is 5.73 Å². The predicted molar refractivity (Wildman–Crippen MR) is 85.0 cm³/mol. The highest BCUT2D eigenvalue weighted by Gasteiger charge is 2.11. The molecule has 0 saturated carbocycles. The first-order valence-corrected chi connectivity index (χ1v) is 6.83. The number of hydrogen-bond donors (Lipinski definition) is 2. The Morgan fingerprint density at radius 1 is 1.09 bits per heavy atom. The molecule has 0 aliphatic carbocycles. The second kappa shape index (κ2) is 5.80. The van der Waals surface area contributed by atoms with Gasteiger partial charge in [0.1, 0.15) is 11.2 Å². The molecule has 0 fully saturated rings. The van der Waals surface area contributed by atoms with Crippen LogP contribution in [0.3, 0.4) is 0 Å². The first-order chi connectivity index (χ1) is 11.0. The van der Waals surface area contributed by atoms with Crippen molar-refractivity contribution in [2.24, 2.45) is 5.73 Å². The fourth-order valence-corrected chi connectivity index (χ4v) is 2.17. The molecule has 0 unspecified atom stereocenters. The first-order valence-electron chi connectivity index (χ1n) is 6.83. The van der Waals surface area contributed by atoms with Crippen LogP contribution in [0.1, 0.15) is 26.4 Å². The molecule has 0 saturated heterocycles. The van der Waals surface area contributed by atoms with Gasteiger partial charge in [0.05, 0.1) is 0 Å².